The Morgan fingerprint density at radius 2 is 2.05 bits per heavy atom. The smallest absolute Gasteiger partial charge is 0.222 e. The summed E-state index contributed by atoms with van der Waals surface area (Å²) < 4.78 is 11.8. The number of aromatic nitrogens is 2. The molecule has 1 N–H and O–H groups in total. The lowest BCUT2D eigenvalue weighted by molar-refractivity contribution is -0.122. The summed E-state index contributed by atoms with van der Waals surface area (Å²) in [6, 6.07) is 7.52. The lowest BCUT2D eigenvalue weighted by Crippen LogP contribution is -2.27. The lowest BCUT2D eigenvalue weighted by atomic mass is 10.2. The van der Waals surface area contributed by atoms with Gasteiger partial charge in [-0.3, -0.25) is 4.79 Å². The Labute approximate surface area is 130 Å². The second-order valence-corrected chi connectivity index (χ2v) is 4.95. The number of methoxy groups -OCH3 is 2. The Balaban J connectivity index is 2.02. The monoisotopic (exact) mass is 303 g/mol. The number of benzene rings is 1. The molecule has 0 aliphatic carbocycles. The van der Waals surface area contributed by atoms with Crippen LogP contribution in [0.25, 0.3) is 5.69 Å². The molecule has 0 spiro atoms. The molecule has 1 atom stereocenters. The van der Waals surface area contributed by atoms with Gasteiger partial charge in [0.2, 0.25) is 5.91 Å². The van der Waals surface area contributed by atoms with E-state index in [1.165, 1.54) is 0 Å². The third kappa shape index (κ3) is 4.08. The van der Waals surface area contributed by atoms with Crippen LogP contribution in [0.1, 0.15) is 24.9 Å². The van der Waals surface area contributed by atoms with Crippen molar-refractivity contribution in [3.8, 4) is 11.4 Å². The first-order valence-corrected chi connectivity index (χ1v) is 7.11. The van der Waals surface area contributed by atoms with Gasteiger partial charge in [-0.05, 0) is 31.2 Å². The minimum absolute atomic E-state index is 0.0356. The topological polar surface area (TPSA) is 65.4 Å². The highest BCUT2D eigenvalue weighted by Gasteiger charge is 2.12. The Morgan fingerprint density at radius 1 is 1.32 bits per heavy atom. The average molecular weight is 303 g/mol. The fraction of sp³-hybridized carbons (Fsp3) is 0.375. The van der Waals surface area contributed by atoms with Crippen molar-refractivity contribution in [1.82, 2.24) is 15.1 Å². The highest BCUT2D eigenvalue weighted by molar-refractivity contribution is 5.76. The van der Waals surface area contributed by atoms with Gasteiger partial charge in [-0.15, -0.1) is 0 Å². The highest BCUT2D eigenvalue weighted by atomic mass is 16.5. The number of carbonyl (C=O) groups excluding carboxylic acids is 1. The van der Waals surface area contributed by atoms with E-state index >= 15 is 0 Å². The molecule has 1 heterocycles. The summed E-state index contributed by atoms with van der Waals surface area (Å²) >= 11 is 0. The van der Waals surface area contributed by atoms with Gasteiger partial charge >= 0.3 is 0 Å². The molecular weight excluding hydrogens is 282 g/mol. The predicted octanol–water partition coefficient (Wildman–Crippen LogP) is 2.09. The highest BCUT2D eigenvalue weighted by Crippen LogP contribution is 2.17. The molecular formula is C16H21N3O3. The third-order valence-corrected chi connectivity index (χ3v) is 3.35. The fourth-order valence-corrected chi connectivity index (χ4v) is 2.03. The number of amides is 1. The van der Waals surface area contributed by atoms with Gasteiger partial charge in [-0.1, -0.05) is 0 Å². The molecule has 0 saturated carbocycles. The molecule has 0 aliphatic heterocycles. The van der Waals surface area contributed by atoms with Gasteiger partial charge in [0.1, 0.15) is 5.75 Å². The van der Waals surface area contributed by atoms with Crippen LogP contribution in [0.3, 0.4) is 0 Å². The van der Waals surface area contributed by atoms with E-state index in [1.54, 1.807) is 25.1 Å². The Kier molecular flexibility index (Phi) is 5.55. The van der Waals surface area contributed by atoms with Crippen molar-refractivity contribution in [2.75, 3.05) is 20.8 Å². The minimum atomic E-state index is -0.101. The van der Waals surface area contributed by atoms with E-state index in [0.29, 0.717) is 13.0 Å². The zero-order chi connectivity index (χ0) is 15.9. The summed E-state index contributed by atoms with van der Waals surface area (Å²) in [5, 5.41) is 7.25. The molecule has 0 saturated heterocycles. The Morgan fingerprint density at radius 3 is 2.68 bits per heavy atom. The van der Waals surface area contributed by atoms with Crippen LogP contribution < -0.4 is 10.1 Å². The molecule has 2 aromatic rings. The van der Waals surface area contributed by atoms with Crippen molar-refractivity contribution in [2.45, 2.75) is 19.4 Å². The summed E-state index contributed by atoms with van der Waals surface area (Å²) in [4.78, 5) is 11.7. The molecule has 0 unspecified atom stereocenters. The fourth-order valence-electron chi connectivity index (χ4n) is 2.03. The average Bonchev–Trinajstić information content (AvgIpc) is 3.03. The van der Waals surface area contributed by atoms with Gasteiger partial charge in [0.25, 0.3) is 0 Å². The summed E-state index contributed by atoms with van der Waals surface area (Å²) in [5.41, 5.74) is 1.88. The maximum Gasteiger partial charge on any atom is 0.222 e. The summed E-state index contributed by atoms with van der Waals surface area (Å²) in [5.74, 6) is 0.765. The normalized spacial score (nSPS) is 12.0. The molecule has 6 nitrogen and oxygen atoms in total. The minimum Gasteiger partial charge on any atom is -0.497 e. The van der Waals surface area contributed by atoms with Gasteiger partial charge < -0.3 is 14.8 Å². The number of nitrogens with zero attached hydrogens (tertiary/aromatic N) is 2. The molecule has 1 amide bonds. The molecule has 0 radical (unpaired) electrons. The van der Waals surface area contributed by atoms with Crippen LogP contribution in [0.4, 0.5) is 0 Å². The largest absolute Gasteiger partial charge is 0.497 e. The van der Waals surface area contributed by atoms with E-state index in [9.17, 15) is 4.79 Å². The zero-order valence-electron chi connectivity index (χ0n) is 13.1. The molecule has 0 fully saturated rings. The van der Waals surface area contributed by atoms with Gasteiger partial charge in [0, 0.05) is 25.3 Å². The SMILES string of the molecule is COCCC(=O)N[C@@H](C)c1cnn(-c2ccc(OC)cc2)c1. The molecule has 0 bridgehead atoms. The van der Waals surface area contributed by atoms with E-state index < -0.39 is 0 Å². The van der Waals surface area contributed by atoms with E-state index in [0.717, 1.165) is 17.0 Å². The van der Waals surface area contributed by atoms with Crippen LogP contribution >= 0.6 is 0 Å². The first kappa shape index (κ1) is 16.0. The molecule has 6 heteroatoms. The second kappa shape index (κ2) is 7.61. The van der Waals surface area contributed by atoms with Crippen molar-refractivity contribution < 1.29 is 14.3 Å². The van der Waals surface area contributed by atoms with E-state index in [4.69, 9.17) is 9.47 Å². The van der Waals surface area contributed by atoms with E-state index in [1.807, 2.05) is 37.4 Å². The summed E-state index contributed by atoms with van der Waals surface area (Å²) in [6.45, 7) is 2.35. The molecule has 2 rings (SSSR count). The summed E-state index contributed by atoms with van der Waals surface area (Å²) in [7, 11) is 3.21. The first-order valence-electron chi connectivity index (χ1n) is 7.11. The standard InChI is InChI=1S/C16H21N3O3/c1-12(18-16(20)8-9-21-2)13-10-17-19(11-13)14-4-6-15(22-3)7-5-14/h4-7,10-12H,8-9H2,1-3H3,(H,18,20)/t12-/m0/s1. The van der Waals surface area contributed by atoms with Crippen LogP contribution in [0, 0.1) is 0 Å². The number of hydrogen-bond donors (Lipinski definition) is 1. The predicted molar refractivity (Wildman–Crippen MR) is 83.2 cm³/mol. The Hall–Kier alpha value is -2.34. The van der Waals surface area contributed by atoms with E-state index in [-0.39, 0.29) is 11.9 Å². The lowest BCUT2D eigenvalue weighted by Gasteiger charge is -2.11. The van der Waals surface area contributed by atoms with Crippen LogP contribution in [0.2, 0.25) is 0 Å². The maximum atomic E-state index is 11.7. The molecule has 1 aromatic carbocycles. The van der Waals surface area contributed by atoms with Gasteiger partial charge in [0.15, 0.2) is 0 Å². The maximum absolute atomic E-state index is 11.7. The van der Waals surface area contributed by atoms with Crippen molar-refractivity contribution in [3.63, 3.8) is 0 Å². The molecule has 118 valence electrons. The zero-order valence-corrected chi connectivity index (χ0v) is 13.1. The van der Waals surface area contributed by atoms with Crippen molar-refractivity contribution in [3.05, 3.63) is 42.2 Å². The molecule has 1 aromatic heterocycles. The van der Waals surface area contributed by atoms with Crippen LogP contribution in [-0.2, 0) is 9.53 Å². The summed E-state index contributed by atoms with van der Waals surface area (Å²) in [6.07, 6.45) is 4.02. The number of hydrogen-bond acceptors (Lipinski definition) is 4. The number of rotatable bonds is 7. The third-order valence-electron chi connectivity index (χ3n) is 3.35. The van der Waals surface area contributed by atoms with Crippen LogP contribution in [0.5, 0.6) is 5.75 Å². The van der Waals surface area contributed by atoms with Crippen molar-refractivity contribution in [2.24, 2.45) is 0 Å². The molecule has 22 heavy (non-hydrogen) atoms. The first-order chi connectivity index (χ1) is 10.6. The quantitative estimate of drug-likeness (QED) is 0.850. The van der Waals surface area contributed by atoms with Crippen molar-refractivity contribution >= 4 is 5.91 Å². The number of carbonyl (C=O) groups is 1. The van der Waals surface area contributed by atoms with Gasteiger partial charge in [-0.2, -0.15) is 5.10 Å². The Bertz CT molecular complexity index is 607. The van der Waals surface area contributed by atoms with Gasteiger partial charge in [0.05, 0.1) is 31.6 Å². The van der Waals surface area contributed by atoms with Gasteiger partial charge in [-0.25, -0.2) is 4.68 Å². The second-order valence-electron chi connectivity index (χ2n) is 4.95. The number of nitrogens with one attached hydrogen (secondary N) is 1. The van der Waals surface area contributed by atoms with Crippen molar-refractivity contribution in [1.29, 1.82) is 0 Å². The van der Waals surface area contributed by atoms with E-state index in [2.05, 4.69) is 10.4 Å². The van der Waals surface area contributed by atoms with Crippen LogP contribution in [0.15, 0.2) is 36.7 Å². The molecule has 0 aliphatic rings. The van der Waals surface area contributed by atoms with Crippen LogP contribution in [-0.4, -0.2) is 36.5 Å². The number of ether oxygens (including phenoxy) is 2.